The van der Waals surface area contributed by atoms with E-state index in [-0.39, 0.29) is 24.0 Å². The smallest absolute Gasteiger partial charge is 0.223 e. The number of ether oxygens (including phenoxy) is 1. The maximum atomic E-state index is 6.05. The summed E-state index contributed by atoms with van der Waals surface area (Å²) in [7, 11) is 1.66. The normalized spacial score (nSPS) is 11.0. The van der Waals surface area contributed by atoms with Crippen LogP contribution in [0.5, 0.6) is 5.75 Å². The van der Waals surface area contributed by atoms with Crippen LogP contribution in [0.1, 0.15) is 11.7 Å². The molecule has 0 atom stereocenters. The lowest BCUT2D eigenvalue weighted by atomic mass is 10.3. The number of nitrogens with zero attached hydrogens (tertiary/aromatic N) is 3. The fourth-order valence-corrected chi connectivity index (χ4v) is 2.71. The number of aliphatic imine (C=N–C) groups is 1. The van der Waals surface area contributed by atoms with Gasteiger partial charge in [0.1, 0.15) is 6.61 Å². The maximum Gasteiger partial charge on any atom is 0.223 e. The number of benzene rings is 1. The summed E-state index contributed by atoms with van der Waals surface area (Å²) in [5, 5.41) is 11.1. The second kappa shape index (κ2) is 10.9. The van der Waals surface area contributed by atoms with Crippen molar-refractivity contribution >= 4 is 64.7 Å². The Morgan fingerprint density at radius 1 is 1.24 bits per heavy atom. The van der Waals surface area contributed by atoms with Gasteiger partial charge in [-0.3, -0.25) is 4.99 Å². The highest BCUT2D eigenvalue weighted by Gasteiger charge is 2.09. The van der Waals surface area contributed by atoms with Crippen LogP contribution >= 0.6 is 58.8 Å². The van der Waals surface area contributed by atoms with Gasteiger partial charge in [0.05, 0.1) is 23.1 Å². The van der Waals surface area contributed by atoms with Gasteiger partial charge >= 0.3 is 0 Å². The van der Waals surface area contributed by atoms with Crippen molar-refractivity contribution in [2.75, 3.05) is 20.2 Å². The van der Waals surface area contributed by atoms with Crippen LogP contribution in [0.15, 0.2) is 21.6 Å². The Morgan fingerprint density at radius 2 is 1.92 bits per heavy atom. The molecule has 0 bridgehead atoms. The summed E-state index contributed by atoms with van der Waals surface area (Å²) in [4.78, 5) is 8.18. The minimum atomic E-state index is 0. The Morgan fingerprint density at radius 3 is 2.48 bits per heavy atom. The first-order valence-corrected chi connectivity index (χ1v) is 8.14. The summed E-state index contributed by atoms with van der Waals surface area (Å²) in [6, 6.07) is 3.15. The summed E-state index contributed by atoms with van der Waals surface area (Å²) >= 11 is 18.0. The third kappa shape index (κ3) is 7.04. The van der Waals surface area contributed by atoms with Crippen LogP contribution in [0.2, 0.25) is 15.1 Å². The molecule has 0 radical (unpaired) electrons. The van der Waals surface area contributed by atoms with E-state index < -0.39 is 0 Å². The molecule has 2 rings (SSSR count). The lowest BCUT2D eigenvalue weighted by Crippen LogP contribution is -2.39. The number of guanidine groups is 1. The molecule has 0 saturated heterocycles. The minimum absolute atomic E-state index is 0. The third-order valence-corrected chi connectivity index (χ3v) is 3.59. The van der Waals surface area contributed by atoms with Crippen molar-refractivity contribution in [2.24, 2.45) is 4.99 Å². The Balaban J connectivity index is 0.00000312. The van der Waals surface area contributed by atoms with E-state index in [9.17, 15) is 0 Å². The predicted octanol–water partition coefficient (Wildman–Crippen LogP) is 3.70. The van der Waals surface area contributed by atoms with Crippen LogP contribution in [0, 0.1) is 6.92 Å². The Kier molecular flexibility index (Phi) is 9.62. The first kappa shape index (κ1) is 22.1. The molecular weight excluding hydrogens is 503 g/mol. The van der Waals surface area contributed by atoms with E-state index in [1.165, 1.54) is 0 Å². The molecule has 1 aromatic carbocycles. The molecule has 25 heavy (non-hydrogen) atoms. The number of hydrogen-bond acceptors (Lipinski definition) is 5. The first-order chi connectivity index (χ1) is 11.5. The van der Waals surface area contributed by atoms with Crippen molar-refractivity contribution in [1.29, 1.82) is 0 Å². The minimum Gasteiger partial charge on any atom is -0.489 e. The highest BCUT2D eigenvalue weighted by Crippen LogP contribution is 2.35. The molecule has 0 aliphatic rings. The number of hydrogen-bond donors (Lipinski definition) is 2. The van der Waals surface area contributed by atoms with Crippen molar-refractivity contribution in [3.63, 3.8) is 0 Å². The van der Waals surface area contributed by atoms with Crippen LogP contribution in [0.3, 0.4) is 0 Å². The highest BCUT2D eigenvalue weighted by molar-refractivity contribution is 14.0. The van der Waals surface area contributed by atoms with Crippen molar-refractivity contribution in [3.05, 3.63) is 38.9 Å². The van der Waals surface area contributed by atoms with Gasteiger partial charge < -0.3 is 19.9 Å². The van der Waals surface area contributed by atoms with Crippen LogP contribution in [0.4, 0.5) is 0 Å². The molecule has 7 nitrogen and oxygen atoms in total. The van der Waals surface area contributed by atoms with E-state index in [0.29, 0.717) is 58.2 Å². The summed E-state index contributed by atoms with van der Waals surface area (Å²) in [6.07, 6.45) is 0. The molecule has 0 unspecified atom stereocenters. The van der Waals surface area contributed by atoms with Gasteiger partial charge in [-0.15, -0.1) is 24.0 Å². The maximum absolute atomic E-state index is 6.05. The second-order valence-electron chi connectivity index (χ2n) is 4.63. The van der Waals surface area contributed by atoms with Gasteiger partial charge in [-0.05, 0) is 12.1 Å². The van der Waals surface area contributed by atoms with Gasteiger partial charge in [-0.25, -0.2) is 0 Å². The summed E-state index contributed by atoms with van der Waals surface area (Å²) in [5.41, 5.74) is 0. The van der Waals surface area contributed by atoms with Gasteiger partial charge in [-0.2, -0.15) is 4.98 Å². The van der Waals surface area contributed by atoms with E-state index in [1.54, 1.807) is 26.1 Å². The first-order valence-electron chi connectivity index (χ1n) is 7.00. The van der Waals surface area contributed by atoms with E-state index >= 15 is 0 Å². The Hall–Kier alpha value is -0.970. The highest BCUT2D eigenvalue weighted by atomic mass is 127. The molecule has 2 aromatic rings. The lowest BCUT2D eigenvalue weighted by Gasteiger charge is -2.13. The number of aromatic nitrogens is 2. The lowest BCUT2D eigenvalue weighted by molar-refractivity contribution is 0.322. The second-order valence-corrected chi connectivity index (χ2v) is 5.88. The number of rotatable bonds is 6. The number of halogens is 4. The van der Waals surface area contributed by atoms with E-state index in [1.807, 2.05) is 0 Å². The average Bonchev–Trinajstić information content (AvgIpc) is 2.94. The van der Waals surface area contributed by atoms with Crippen LogP contribution in [0.25, 0.3) is 0 Å². The largest absolute Gasteiger partial charge is 0.489 e. The Labute approximate surface area is 177 Å². The van der Waals surface area contributed by atoms with Gasteiger partial charge in [0.25, 0.3) is 0 Å². The zero-order valence-corrected chi connectivity index (χ0v) is 18.1. The zero-order valence-electron chi connectivity index (χ0n) is 13.5. The van der Waals surface area contributed by atoms with Crippen LogP contribution in [-0.4, -0.2) is 36.3 Å². The van der Waals surface area contributed by atoms with E-state index in [2.05, 4.69) is 25.8 Å². The van der Waals surface area contributed by atoms with Gasteiger partial charge in [0, 0.05) is 19.0 Å². The topological polar surface area (TPSA) is 84.6 Å². The molecule has 1 heterocycles. The molecule has 0 amide bonds. The van der Waals surface area contributed by atoms with Crippen molar-refractivity contribution in [3.8, 4) is 5.75 Å². The van der Waals surface area contributed by atoms with Gasteiger partial charge in [0.2, 0.25) is 5.89 Å². The summed E-state index contributed by atoms with van der Waals surface area (Å²) in [6.45, 7) is 2.95. The quantitative estimate of drug-likeness (QED) is 0.262. The summed E-state index contributed by atoms with van der Waals surface area (Å²) in [5.74, 6) is 2.04. The van der Waals surface area contributed by atoms with Gasteiger partial charge in [-0.1, -0.05) is 40.0 Å². The molecule has 0 fully saturated rings. The van der Waals surface area contributed by atoms with Gasteiger partial charge in [0.15, 0.2) is 17.5 Å². The molecule has 0 spiro atoms. The monoisotopic (exact) mass is 519 g/mol. The van der Waals surface area contributed by atoms with Crippen molar-refractivity contribution < 1.29 is 9.26 Å². The molecule has 0 aliphatic carbocycles. The zero-order chi connectivity index (χ0) is 17.5. The fraction of sp³-hybridized carbons (Fsp3) is 0.357. The molecule has 2 N–H and O–H groups in total. The fourth-order valence-electron chi connectivity index (χ4n) is 1.79. The molecule has 0 saturated carbocycles. The molecule has 1 aromatic heterocycles. The van der Waals surface area contributed by atoms with E-state index in [4.69, 9.17) is 44.1 Å². The molecule has 11 heteroatoms. The third-order valence-electron chi connectivity index (χ3n) is 2.81. The van der Waals surface area contributed by atoms with Crippen LogP contribution < -0.4 is 15.4 Å². The van der Waals surface area contributed by atoms with E-state index in [0.717, 1.165) is 0 Å². The standard InChI is InChI=1S/C14H16Cl3N5O2.HI/c1-8-21-12(22-24-8)7-20-14(18-2)19-3-4-23-13-10(16)5-9(15)6-11(13)17;/h5-6H,3-4,7H2,1-2H3,(H2,18,19,20);1H. The SMILES string of the molecule is CN=C(NCCOc1c(Cl)cc(Cl)cc1Cl)NCc1noc(C)n1.I. The number of nitrogens with one attached hydrogen (secondary N) is 2. The molecular formula is C14H17Cl3IN5O2. The predicted molar refractivity (Wildman–Crippen MR) is 110 cm³/mol. The molecule has 138 valence electrons. The van der Waals surface area contributed by atoms with Crippen LogP contribution in [-0.2, 0) is 6.54 Å². The number of aryl methyl sites for hydroxylation is 1. The molecule has 0 aliphatic heterocycles. The van der Waals surface area contributed by atoms with Crippen molar-refractivity contribution in [2.45, 2.75) is 13.5 Å². The Bertz CT molecular complexity index is 703. The average molecular weight is 521 g/mol. The summed E-state index contributed by atoms with van der Waals surface area (Å²) < 4.78 is 10.5. The van der Waals surface area contributed by atoms with Crippen molar-refractivity contribution in [1.82, 2.24) is 20.8 Å².